The normalized spacial score (nSPS) is 40.6. The van der Waals surface area contributed by atoms with Crippen LogP contribution < -0.4 is 0 Å². The molecule has 3 unspecified atom stereocenters. The van der Waals surface area contributed by atoms with E-state index in [1.807, 2.05) is 13.8 Å². The fraction of sp³-hybridized carbons (Fsp3) is 0.611. The molecule has 0 radical (unpaired) electrons. The third-order valence-electron chi connectivity index (χ3n) is 5.90. The van der Waals surface area contributed by atoms with Gasteiger partial charge in [0, 0.05) is 16.9 Å². The zero-order valence-corrected chi connectivity index (χ0v) is 13.2. The zero-order chi connectivity index (χ0) is 16.3. The fourth-order valence-corrected chi connectivity index (χ4v) is 4.44. The molecule has 4 heteroatoms. The first-order valence-corrected chi connectivity index (χ1v) is 7.97. The molecule has 0 amide bonds. The number of allylic oxidation sites excluding steroid dienone is 3. The van der Waals surface area contributed by atoms with Crippen LogP contribution in [0.5, 0.6) is 0 Å². The van der Waals surface area contributed by atoms with E-state index in [1.54, 1.807) is 12.2 Å². The van der Waals surface area contributed by atoms with Crippen molar-refractivity contribution in [3.05, 3.63) is 35.6 Å². The Labute approximate surface area is 130 Å². The van der Waals surface area contributed by atoms with E-state index in [0.717, 1.165) is 6.42 Å². The first kappa shape index (κ1) is 15.5. The van der Waals surface area contributed by atoms with Gasteiger partial charge in [0.05, 0.1) is 11.7 Å². The van der Waals surface area contributed by atoms with Gasteiger partial charge in [0.25, 0.3) is 0 Å². The van der Waals surface area contributed by atoms with Gasteiger partial charge < -0.3 is 15.3 Å². The molecule has 0 heterocycles. The van der Waals surface area contributed by atoms with Gasteiger partial charge in [-0.15, -0.1) is 6.58 Å². The van der Waals surface area contributed by atoms with Crippen molar-refractivity contribution in [3.8, 4) is 0 Å². The van der Waals surface area contributed by atoms with Gasteiger partial charge in [-0.05, 0) is 37.2 Å². The maximum Gasteiger partial charge on any atom is 0.225 e. The molecule has 0 aromatic rings. The van der Waals surface area contributed by atoms with Gasteiger partial charge in [0.2, 0.25) is 5.78 Å². The number of ketones is 1. The Morgan fingerprint density at radius 2 is 2.00 bits per heavy atom. The topological polar surface area (TPSA) is 77.8 Å². The minimum Gasteiger partial charge on any atom is -0.504 e. The SMILES string of the molecule is C=CC1C=C2C(=O)C(O)=C3C(CCC(O)C3(C)C)[C@@]2(O)CC1. The number of rotatable bonds is 1. The van der Waals surface area contributed by atoms with Gasteiger partial charge in [-0.2, -0.15) is 0 Å². The number of hydrogen-bond donors (Lipinski definition) is 3. The van der Waals surface area contributed by atoms with E-state index in [2.05, 4.69) is 6.58 Å². The highest BCUT2D eigenvalue weighted by Crippen LogP contribution is 2.56. The highest BCUT2D eigenvalue weighted by atomic mass is 16.3. The number of Topliss-reactive ketones (excluding diaryl/α,β-unsaturated/α-hetero) is 1. The minimum atomic E-state index is -1.23. The number of fused-ring (bicyclic) bond motifs is 3. The maximum atomic E-state index is 12.6. The summed E-state index contributed by atoms with van der Waals surface area (Å²) in [6.45, 7) is 7.42. The summed E-state index contributed by atoms with van der Waals surface area (Å²) in [5.41, 5.74) is -1.11. The van der Waals surface area contributed by atoms with Crippen LogP contribution in [0.1, 0.15) is 39.5 Å². The average Bonchev–Trinajstić information content (AvgIpc) is 2.47. The first-order chi connectivity index (χ1) is 10.2. The minimum absolute atomic E-state index is 0.0516. The number of hydrogen-bond acceptors (Lipinski definition) is 4. The summed E-state index contributed by atoms with van der Waals surface area (Å²) in [6, 6.07) is 0. The van der Waals surface area contributed by atoms with Crippen molar-refractivity contribution in [1.82, 2.24) is 0 Å². The summed E-state index contributed by atoms with van der Waals surface area (Å²) in [6.07, 6.45) is 5.26. The number of carbonyl (C=O) groups is 1. The molecule has 0 aromatic carbocycles. The van der Waals surface area contributed by atoms with E-state index in [9.17, 15) is 20.1 Å². The molecule has 22 heavy (non-hydrogen) atoms. The van der Waals surface area contributed by atoms with E-state index >= 15 is 0 Å². The first-order valence-electron chi connectivity index (χ1n) is 7.97. The summed E-state index contributed by atoms with van der Waals surface area (Å²) < 4.78 is 0. The van der Waals surface area contributed by atoms with Gasteiger partial charge in [0.1, 0.15) is 0 Å². The lowest BCUT2D eigenvalue weighted by molar-refractivity contribution is -0.122. The fourth-order valence-electron chi connectivity index (χ4n) is 4.44. The van der Waals surface area contributed by atoms with E-state index in [0.29, 0.717) is 30.4 Å². The monoisotopic (exact) mass is 304 g/mol. The second-order valence-electron chi connectivity index (χ2n) is 7.40. The molecular weight excluding hydrogens is 280 g/mol. The van der Waals surface area contributed by atoms with Gasteiger partial charge in [-0.25, -0.2) is 0 Å². The molecule has 0 aromatic heterocycles. The van der Waals surface area contributed by atoms with E-state index < -0.39 is 22.9 Å². The molecule has 4 atom stereocenters. The van der Waals surface area contributed by atoms with Crippen molar-refractivity contribution in [2.45, 2.75) is 51.2 Å². The molecule has 0 bridgehead atoms. The van der Waals surface area contributed by atoms with E-state index in [-0.39, 0.29) is 17.6 Å². The molecule has 3 N–H and O–H groups in total. The number of carbonyl (C=O) groups excluding carboxylic acids is 1. The Kier molecular flexibility index (Phi) is 3.38. The van der Waals surface area contributed by atoms with Crippen LogP contribution in [-0.4, -0.2) is 32.8 Å². The van der Waals surface area contributed by atoms with Crippen molar-refractivity contribution in [1.29, 1.82) is 0 Å². The number of aliphatic hydroxyl groups is 3. The summed E-state index contributed by atoms with van der Waals surface area (Å²) in [4.78, 5) is 12.6. The van der Waals surface area contributed by atoms with Crippen LogP contribution in [0.3, 0.4) is 0 Å². The lowest BCUT2D eigenvalue weighted by Crippen LogP contribution is -2.55. The Bertz CT molecular complexity index is 598. The highest BCUT2D eigenvalue weighted by molar-refractivity contribution is 6.10. The largest absolute Gasteiger partial charge is 0.504 e. The smallest absolute Gasteiger partial charge is 0.225 e. The second kappa shape index (κ2) is 4.80. The van der Waals surface area contributed by atoms with Crippen molar-refractivity contribution in [3.63, 3.8) is 0 Å². The molecule has 1 saturated carbocycles. The Hall–Kier alpha value is -1.39. The van der Waals surface area contributed by atoms with Gasteiger partial charge >= 0.3 is 0 Å². The van der Waals surface area contributed by atoms with Crippen molar-refractivity contribution >= 4 is 5.78 Å². The second-order valence-corrected chi connectivity index (χ2v) is 7.40. The van der Waals surface area contributed by atoms with Crippen LogP contribution in [0.4, 0.5) is 0 Å². The Morgan fingerprint density at radius 1 is 1.32 bits per heavy atom. The lowest BCUT2D eigenvalue weighted by Gasteiger charge is -2.52. The third-order valence-corrected chi connectivity index (χ3v) is 5.90. The molecule has 3 aliphatic carbocycles. The molecule has 3 aliphatic rings. The molecule has 0 spiro atoms. The predicted octanol–water partition coefficient (Wildman–Crippen LogP) is 2.43. The molecule has 0 aliphatic heterocycles. The van der Waals surface area contributed by atoms with Crippen LogP contribution in [-0.2, 0) is 4.79 Å². The average molecular weight is 304 g/mol. The van der Waals surface area contributed by atoms with Crippen LogP contribution in [0, 0.1) is 17.3 Å². The van der Waals surface area contributed by atoms with Crippen molar-refractivity contribution in [2.75, 3.05) is 0 Å². The third kappa shape index (κ3) is 1.87. The predicted molar refractivity (Wildman–Crippen MR) is 83.1 cm³/mol. The molecule has 4 nitrogen and oxygen atoms in total. The highest BCUT2D eigenvalue weighted by Gasteiger charge is 2.57. The van der Waals surface area contributed by atoms with Gasteiger partial charge in [0.15, 0.2) is 5.76 Å². The molecule has 0 saturated heterocycles. The summed E-state index contributed by atoms with van der Waals surface area (Å²) in [5.74, 6) is -1.03. The standard InChI is InChI=1S/C18H24O4/c1-4-10-7-8-18(22)11-5-6-13(19)17(2,3)14(11)16(21)15(20)12(18)9-10/h4,9-11,13,19,21-22H,1,5-8H2,2-3H3/t10?,11?,13?,18-/m0/s1. The number of aliphatic hydroxyl groups excluding tert-OH is 2. The van der Waals surface area contributed by atoms with E-state index in [1.165, 1.54) is 0 Å². The van der Waals surface area contributed by atoms with Gasteiger partial charge in [-0.1, -0.05) is 26.0 Å². The molecule has 1 fully saturated rings. The van der Waals surface area contributed by atoms with E-state index in [4.69, 9.17) is 0 Å². The molecule has 120 valence electrons. The zero-order valence-electron chi connectivity index (χ0n) is 13.2. The van der Waals surface area contributed by atoms with Crippen LogP contribution in [0.15, 0.2) is 35.6 Å². The summed E-state index contributed by atoms with van der Waals surface area (Å²) in [7, 11) is 0. The molecule has 3 rings (SSSR count). The van der Waals surface area contributed by atoms with Crippen LogP contribution in [0.25, 0.3) is 0 Å². The lowest BCUT2D eigenvalue weighted by atomic mass is 9.54. The Morgan fingerprint density at radius 3 is 2.64 bits per heavy atom. The molecular formula is C18H24O4. The van der Waals surface area contributed by atoms with Crippen LogP contribution >= 0.6 is 0 Å². The quantitative estimate of drug-likeness (QED) is 0.650. The van der Waals surface area contributed by atoms with Crippen molar-refractivity contribution < 1.29 is 20.1 Å². The van der Waals surface area contributed by atoms with Crippen LogP contribution in [0.2, 0.25) is 0 Å². The summed E-state index contributed by atoms with van der Waals surface area (Å²) >= 11 is 0. The maximum absolute atomic E-state index is 12.6. The Balaban J connectivity index is 2.19. The van der Waals surface area contributed by atoms with Gasteiger partial charge in [-0.3, -0.25) is 4.79 Å². The van der Waals surface area contributed by atoms with Crippen molar-refractivity contribution in [2.24, 2.45) is 17.3 Å². The summed E-state index contributed by atoms with van der Waals surface area (Å²) in [5, 5.41) is 32.0.